The van der Waals surface area contributed by atoms with E-state index in [2.05, 4.69) is 15.3 Å². The summed E-state index contributed by atoms with van der Waals surface area (Å²) in [6, 6.07) is 9.72. The van der Waals surface area contributed by atoms with Gasteiger partial charge in [-0.3, -0.25) is 14.6 Å². The number of fused-ring (bicyclic) bond motifs is 1. The first kappa shape index (κ1) is 13.9. The second kappa shape index (κ2) is 5.72. The third kappa shape index (κ3) is 2.56. The van der Waals surface area contributed by atoms with E-state index in [9.17, 15) is 14.1 Å². The summed E-state index contributed by atoms with van der Waals surface area (Å²) >= 11 is 0. The van der Waals surface area contributed by atoms with E-state index >= 15 is 0 Å². The van der Waals surface area contributed by atoms with E-state index in [0.29, 0.717) is 0 Å². The molecule has 0 saturated carbocycles. The van der Waals surface area contributed by atoms with Gasteiger partial charge in [0.2, 0.25) is 5.82 Å². The molecule has 1 amide bonds. The Bertz CT molecular complexity index is 893. The average Bonchev–Trinajstić information content (AvgIpc) is 2.57. The van der Waals surface area contributed by atoms with E-state index in [1.165, 1.54) is 6.07 Å². The van der Waals surface area contributed by atoms with Gasteiger partial charge in [-0.15, -0.1) is 4.79 Å². The predicted octanol–water partition coefficient (Wildman–Crippen LogP) is 1.45. The van der Waals surface area contributed by atoms with Gasteiger partial charge >= 0.3 is 0 Å². The van der Waals surface area contributed by atoms with Gasteiger partial charge in [0.1, 0.15) is 0 Å². The molecule has 0 aliphatic carbocycles. The van der Waals surface area contributed by atoms with Crippen LogP contribution in [0.1, 0.15) is 16.2 Å². The third-order valence-electron chi connectivity index (χ3n) is 3.13. The molecule has 2 aromatic heterocycles. The quantitative estimate of drug-likeness (QED) is 0.794. The number of carbonyl (C=O) groups is 1. The number of nitrogens with zero attached hydrogens (tertiary/aromatic N) is 3. The Morgan fingerprint density at radius 1 is 1.18 bits per heavy atom. The Hall–Kier alpha value is -3.09. The summed E-state index contributed by atoms with van der Waals surface area (Å²) in [4.78, 5) is 31.5. The molecule has 7 heteroatoms. The molecule has 1 aromatic carbocycles. The van der Waals surface area contributed by atoms with Crippen molar-refractivity contribution in [2.24, 2.45) is 0 Å². The van der Waals surface area contributed by atoms with Crippen LogP contribution < -0.4 is 10.9 Å². The van der Waals surface area contributed by atoms with Crippen LogP contribution in [-0.2, 0) is 6.54 Å². The lowest BCUT2D eigenvalue weighted by molar-refractivity contribution is 0.0921. The normalized spacial score (nSPS) is 10.6. The Kier molecular flexibility index (Phi) is 3.61. The number of benzene rings is 1. The van der Waals surface area contributed by atoms with Crippen LogP contribution >= 0.6 is 0 Å². The van der Waals surface area contributed by atoms with Gasteiger partial charge in [-0.1, -0.05) is 16.6 Å². The first-order chi connectivity index (χ1) is 10.7. The molecule has 1 N–H and O–H groups in total. The van der Waals surface area contributed by atoms with Gasteiger partial charge in [-0.2, -0.15) is 0 Å². The zero-order valence-corrected chi connectivity index (χ0v) is 11.4. The second-order valence-electron chi connectivity index (χ2n) is 4.58. The van der Waals surface area contributed by atoms with Crippen LogP contribution in [0.2, 0.25) is 0 Å². The summed E-state index contributed by atoms with van der Waals surface area (Å²) in [5.41, 5.74) is 0.173. The van der Waals surface area contributed by atoms with E-state index < -0.39 is 17.3 Å². The lowest BCUT2D eigenvalue weighted by Crippen LogP contribution is -2.31. The highest BCUT2D eigenvalue weighted by Crippen LogP contribution is 2.08. The number of carbonyl (C=O) groups excluding carboxylic acids is 1. The number of halogens is 1. The van der Waals surface area contributed by atoms with Gasteiger partial charge in [0.15, 0.2) is 0 Å². The predicted molar refractivity (Wildman–Crippen MR) is 77.9 cm³/mol. The Balaban J connectivity index is 1.91. The SMILES string of the molecule is O=C(NCc1ccncc1)c1nc2ccccc2c(=O)n1F. The van der Waals surface area contributed by atoms with E-state index in [1.807, 2.05) is 0 Å². The van der Waals surface area contributed by atoms with Gasteiger partial charge < -0.3 is 5.32 Å². The van der Waals surface area contributed by atoms with Crippen molar-refractivity contribution in [3.63, 3.8) is 0 Å². The molecule has 0 bridgehead atoms. The number of para-hydroxylation sites is 1. The minimum absolute atomic E-state index is 0.121. The van der Waals surface area contributed by atoms with Crippen molar-refractivity contribution in [2.75, 3.05) is 0 Å². The highest BCUT2D eigenvalue weighted by Gasteiger charge is 2.17. The minimum Gasteiger partial charge on any atom is -0.345 e. The molecule has 0 unspecified atom stereocenters. The molecule has 0 aliphatic heterocycles. The fourth-order valence-corrected chi connectivity index (χ4v) is 2.01. The van der Waals surface area contributed by atoms with Crippen molar-refractivity contribution < 1.29 is 9.28 Å². The molecule has 0 radical (unpaired) electrons. The van der Waals surface area contributed by atoms with Crippen molar-refractivity contribution >= 4 is 16.8 Å². The molecular formula is C15H11FN4O2. The maximum absolute atomic E-state index is 14.0. The number of hydrogen-bond acceptors (Lipinski definition) is 4. The zero-order valence-electron chi connectivity index (χ0n) is 11.4. The molecule has 22 heavy (non-hydrogen) atoms. The Morgan fingerprint density at radius 3 is 2.68 bits per heavy atom. The van der Waals surface area contributed by atoms with Crippen molar-refractivity contribution in [1.29, 1.82) is 0 Å². The minimum atomic E-state index is -0.903. The fraction of sp³-hybridized carbons (Fsp3) is 0.0667. The van der Waals surface area contributed by atoms with Crippen LogP contribution in [0.5, 0.6) is 0 Å². The molecule has 6 nitrogen and oxygen atoms in total. The van der Waals surface area contributed by atoms with Gasteiger partial charge in [0.25, 0.3) is 11.5 Å². The fourth-order valence-electron chi connectivity index (χ4n) is 2.01. The number of pyridine rings is 1. The van der Waals surface area contributed by atoms with Crippen molar-refractivity contribution in [3.05, 3.63) is 70.5 Å². The molecule has 2 heterocycles. The Labute approximate surface area is 124 Å². The van der Waals surface area contributed by atoms with Crippen LogP contribution in [0, 0.1) is 0 Å². The van der Waals surface area contributed by atoms with E-state index in [0.717, 1.165) is 5.56 Å². The summed E-state index contributed by atoms with van der Waals surface area (Å²) < 4.78 is 14.0. The Morgan fingerprint density at radius 2 is 1.91 bits per heavy atom. The molecule has 0 aliphatic rings. The molecule has 0 saturated heterocycles. The first-order valence-electron chi connectivity index (χ1n) is 6.52. The monoisotopic (exact) mass is 298 g/mol. The standard InChI is InChI=1S/C15H11FN4O2/c16-20-13(14(21)18-9-10-5-7-17-8-6-10)19-12-4-2-1-3-11(12)15(20)22/h1-8H,9H2,(H,18,21). The van der Waals surface area contributed by atoms with E-state index in [1.54, 1.807) is 42.7 Å². The summed E-state index contributed by atoms with van der Waals surface area (Å²) in [6.07, 6.45) is 3.17. The van der Waals surface area contributed by atoms with Gasteiger partial charge in [0, 0.05) is 18.9 Å². The number of amides is 1. The number of nitrogens with one attached hydrogen (secondary N) is 1. The lowest BCUT2D eigenvalue weighted by atomic mass is 10.2. The highest BCUT2D eigenvalue weighted by molar-refractivity contribution is 5.92. The molecule has 3 rings (SSSR count). The van der Waals surface area contributed by atoms with E-state index in [4.69, 9.17) is 0 Å². The van der Waals surface area contributed by atoms with Crippen LogP contribution in [0.3, 0.4) is 0 Å². The maximum atomic E-state index is 14.0. The van der Waals surface area contributed by atoms with Gasteiger partial charge in [-0.25, -0.2) is 4.98 Å². The smallest absolute Gasteiger partial charge is 0.290 e. The largest absolute Gasteiger partial charge is 0.345 e. The van der Waals surface area contributed by atoms with Crippen LogP contribution in [0.4, 0.5) is 4.48 Å². The topological polar surface area (TPSA) is 76.9 Å². The van der Waals surface area contributed by atoms with Crippen LogP contribution in [0.25, 0.3) is 10.9 Å². The van der Waals surface area contributed by atoms with Crippen molar-refractivity contribution in [3.8, 4) is 0 Å². The van der Waals surface area contributed by atoms with Crippen LogP contribution in [0.15, 0.2) is 53.6 Å². The maximum Gasteiger partial charge on any atom is 0.290 e. The molecule has 0 fully saturated rings. The summed E-state index contributed by atoms with van der Waals surface area (Å²) in [7, 11) is 0. The third-order valence-corrected chi connectivity index (χ3v) is 3.13. The lowest BCUT2D eigenvalue weighted by Gasteiger charge is -2.07. The van der Waals surface area contributed by atoms with Crippen molar-refractivity contribution in [2.45, 2.75) is 6.54 Å². The molecule has 110 valence electrons. The number of aromatic nitrogens is 3. The van der Waals surface area contributed by atoms with E-state index in [-0.39, 0.29) is 22.2 Å². The number of rotatable bonds is 3. The summed E-state index contributed by atoms with van der Waals surface area (Å²) in [5.74, 6) is -1.33. The molecular weight excluding hydrogens is 287 g/mol. The van der Waals surface area contributed by atoms with Crippen LogP contribution in [-0.4, -0.2) is 20.7 Å². The number of hydrogen-bond donors (Lipinski definition) is 1. The zero-order chi connectivity index (χ0) is 15.5. The molecule has 0 spiro atoms. The van der Waals surface area contributed by atoms with Gasteiger partial charge in [-0.05, 0) is 29.8 Å². The second-order valence-corrected chi connectivity index (χ2v) is 4.58. The summed E-state index contributed by atoms with van der Waals surface area (Å²) in [6.45, 7) is 0.185. The first-order valence-corrected chi connectivity index (χ1v) is 6.52. The van der Waals surface area contributed by atoms with Crippen molar-refractivity contribution in [1.82, 2.24) is 20.1 Å². The average molecular weight is 298 g/mol. The molecule has 3 aromatic rings. The summed E-state index contributed by atoms with van der Waals surface area (Å²) in [5, 5.41) is 2.64. The molecule has 0 atom stereocenters. The van der Waals surface area contributed by atoms with Gasteiger partial charge in [0.05, 0.1) is 10.9 Å². The highest BCUT2D eigenvalue weighted by atomic mass is 19.2.